The molecule has 0 saturated heterocycles. The van der Waals surface area contributed by atoms with Crippen molar-refractivity contribution in [3.63, 3.8) is 0 Å². The number of ether oxygens (including phenoxy) is 4. The fourth-order valence-electron chi connectivity index (χ4n) is 9.47. The van der Waals surface area contributed by atoms with E-state index in [2.05, 4.69) is 135 Å². The molecule has 0 radical (unpaired) electrons. The summed E-state index contributed by atoms with van der Waals surface area (Å²) in [6.07, 6.45) is 0. The van der Waals surface area contributed by atoms with E-state index in [1.165, 1.54) is 22.3 Å². The molecule has 2 aliphatic heterocycles. The Morgan fingerprint density at radius 3 is 0.882 bits per heavy atom. The Morgan fingerprint density at radius 1 is 0.276 bits per heavy atom. The molecule has 2 aliphatic rings. The van der Waals surface area contributed by atoms with Gasteiger partial charge in [0.2, 0.25) is 0 Å². The predicted octanol–water partition coefficient (Wildman–Crippen LogP) is 14.4. The molecule has 5 heterocycles. The van der Waals surface area contributed by atoms with E-state index in [-0.39, 0.29) is 0 Å². The van der Waals surface area contributed by atoms with Crippen LogP contribution in [0, 0.1) is 27.7 Å². The zero-order chi connectivity index (χ0) is 51.3. The van der Waals surface area contributed by atoms with Gasteiger partial charge in [0.1, 0.15) is 72.0 Å². The van der Waals surface area contributed by atoms with Crippen molar-refractivity contribution in [2.45, 2.75) is 54.1 Å². The summed E-state index contributed by atoms with van der Waals surface area (Å²) in [5, 5.41) is 3.22. The molecule has 76 heavy (non-hydrogen) atoms. The van der Waals surface area contributed by atoms with Gasteiger partial charge in [0.15, 0.2) is 23.3 Å². The van der Waals surface area contributed by atoms with Crippen molar-refractivity contribution in [3.8, 4) is 68.5 Å². The number of H-pyrrole nitrogens is 2. The number of fused-ring (bicyclic) bond motifs is 20. The van der Waals surface area contributed by atoms with Crippen molar-refractivity contribution in [2.75, 3.05) is 0 Å². The normalized spacial score (nSPS) is 11.6. The quantitative estimate of drug-likeness (QED) is 0.121. The van der Waals surface area contributed by atoms with E-state index in [1.54, 1.807) is 0 Å². The first-order valence-corrected chi connectivity index (χ1v) is 25.3. The smallest absolute Gasteiger partial charge is 0.164 e. The monoisotopic (exact) mass is 994 g/mol. The third-order valence-electron chi connectivity index (χ3n) is 13.8. The maximum atomic E-state index is 6.42. The van der Waals surface area contributed by atoms with Crippen molar-refractivity contribution in [1.82, 2.24) is 39.9 Å². The van der Waals surface area contributed by atoms with Crippen LogP contribution in [0.4, 0.5) is 0 Å². The average Bonchev–Trinajstić information content (AvgIpc) is 4.19. The minimum Gasteiger partial charge on any atom is -0.489 e. The zero-order valence-corrected chi connectivity index (χ0v) is 42.3. The summed E-state index contributed by atoms with van der Waals surface area (Å²) >= 11 is 0. The molecule has 12 nitrogen and oxygen atoms in total. The molecule has 3 aromatic heterocycles. The van der Waals surface area contributed by atoms with Crippen LogP contribution in [0.15, 0.2) is 170 Å². The van der Waals surface area contributed by atoms with Crippen LogP contribution < -0.4 is 18.9 Å². The topological polar surface area (TPSA) is 146 Å². The van der Waals surface area contributed by atoms with Crippen LogP contribution >= 0.6 is 0 Å². The van der Waals surface area contributed by atoms with Gasteiger partial charge in [-0.3, -0.25) is 0 Å². The molecule has 13 rings (SSSR count). The molecular weight excluding hydrogens is 945 g/mol. The maximum Gasteiger partial charge on any atom is 0.164 e. The molecule has 8 aromatic carbocycles. The highest BCUT2D eigenvalue weighted by Crippen LogP contribution is 2.40. The number of rotatable bonds is 12. The number of aromatic nitrogens is 8. The van der Waals surface area contributed by atoms with Gasteiger partial charge in [0, 0.05) is 43.8 Å². The summed E-state index contributed by atoms with van der Waals surface area (Å²) in [7, 11) is 0. The fourth-order valence-corrected chi connectivity index (χ4v) is 9.47. The van der Waals surface area contributed by atoms with E-state index in [4.69, 9.17) is 48.9 Å². The van der Waals surface area contributed by atoms with Crippen LogP contribution in [0.5, 0.6) is 23.0 Å². The Balaban J connectivity index is 1.01. The van der Waals surface area contributed by atoms with Gasteiger partial charge in [-0.25, -0.2) is 29.9 Å². The molecule has 0 saturated carbocycles. The molecule has 11 aromatic rings. The molecule has 8 bridgehead atoms. The van der Waals surface area contributed by atoms with Crippen LogP contribution in [0.2, 0.25) is 0 Å². The number of aryl methyl sites for hydroxylation is 4. The highest BCUT2D eigenvalue weighted by Gasteiger charge is 2.24. The molecule has 2 N–H and O–H groups in total. The van der Waals surface area contributed by atoms with Gasteiger partial charge in [0.25, 0.3) is 0 Å². The highest BCUT2D eigenvalue weighted by molar-refractivity contribution is 6.07. The van der Waals surface area contributed by atoms with E-state index in [0.29, 0.717) is 95.3 Å². The zero-order valence-electron chi connectivity index (χ0n) is 42.3. The second-order valence-corrected chi connectivity index (χ2v) is 19.5. The SMILES string of the molecule is Cc1ccc(COc2ccc3c(c2)-c2nc-3nc3[nH]c(nc4nc(nc5[nH]c(n2)c2ccc(OCc6ccc(C)cc6)cc52)-c2ccc(OCc5ccc(C)cc5)cc2-4)c2ccc(OCc4ccc(C)cc4)cc32)cc1. The van der Waals surface area contributed by atoms with Gasteiger partial charge in [-0.1, -0.05) is 119 Å². The Labute approximate surface area is 438 Å². The summed E-state index contributed by atoms with van der Waals surface area (Å²) in [6.45, 7) is 9.89. The molecule has 0 unspecified atom stereocenters. The van der Waals surface area contributed by atoms with Gasteiger partial charge in [-0.2, -0.15) is 0 Å². The third-order valence-corrected chi connectivity index (χ3v) is 13.8. The molecule has 0 fully saturated rings. The van der Waals surface area contributed by atoms with Crippen molar-refractivity contribution < 1.29 is 18.9 Å². The standard InChI is InChI=1S/C64H50N8O4/c1-37-5-13-41(14-6-37)33-73-45-21-25-49-53(29-45)61-65-57(49)70-62-55-31-47(75-35-43-17-9-39(3)10-18-43)23-27-51(55)59(67-62)72-64-56-32-48(76-36-44-19-11-40(4)12-20-44)24-28-52(56)60(68-64)71-63-54-30-46(22-26-50(54)58(66-63)69-61)74-34-42-15-7-38(2)8-16-42/h5-32H,33-36H2,1-4H3,(H2,65,66,67,68,69,70,71,72). The lowest BCUT2D eigenvalue weighted by Gasteiger charge is -2.08. The Hall–Kier alpha value is -9.68. The van der Waals surface area contributed by atoms with E-state index < -0.39 is 0 Å². The second-order valence-electron chi connectivity index (χ2n) is 19.5. The lowest BCUT2D eigenvalue weighted by molar-refractivity contribution is 0.306. The number of benzene rings is 8. The molecule has 370 valence electrons. The molecule has 0 atom stereocenters. The molecule has 0 amide bonds. The first-order chi connectivity index (χ1) is 37.2. The van der Waals surface area contributed by atoms with Crippen LogP contribution in [0.1, 0.15) is 44.5 Å². The summed E-state index contributed by atoms with van der Waals surface area (Å²) in [4.78, 5) is 38.8. The van der Waals surface area contributed by atoms with Gasteiger partial charge < -0.3 is 28.9 Å². The van der Waals surface area contributed by atoms with Crippen LogP contribution in [-0.2, 0) is 26.4 Å². The summed E-state index contributed by atoms with van der Waals surface area (Å²) in [5.74, 6) is 4.55. The number of nitrogens with one attached hydrogen (secondary N) is 2. The summed E-state index contributed by atoms with van der Waals surface area (Å²) in [6, 6.07) is 57.2. The molecule has 0 aliphatic carbocycles. The Bertz CT molecular complexity index is 3930. The lowest BCUT2D eigenvalue weighted by atomic mass is 10.1. The molecule has 0 spiro atoms. The first kappa shape index (κ1) is 46.1. The van der Waals surface area contributed by atoms with Gasteiger partial charge in [-0.15, -0.1) is 0 Å². The summed E-state index contributed by atoms with van der Waals surface area (Å²) in [5.41, 5.74) is 14.3. The molecular formula is C64H50N8O4. The average molecular weight is 995 g/mol. The van der Waals surface area contributed by atoms with Gasteiger partial charge >= 0.3 is 0 Å². The molecule has 12 heteroatoms. The third kappa shape index (κ3) is 9.32. The van der Waals surface area contributed by atoms with Gasteiger partial charge in [-0.05, 0) is 123 Å². The van der Waals surface area contributed by atoms with Crippen LogP contribution in [0.3, 0.4) is 0 Å². The van der Waals surface area contributed by atoms with E-state index in [9.17, 15) is 0 Å². The summed E-state index contributed by atoms with van der Waals surface area (Å²) < 4.78 is 25.7. The van der Waals surface area contributed by atoms with Crippen molar-refractivity contribution >= 4 is 44.1 Å². The predicted molar refractivity (Wildman–Crippen MR) is 298 cm³/mol. The fraction of sp³-hybridized carbons (Fsp3) is 0.125. The van der Waals surface area contributed by atoms with Crippen LogP contribution in [-0.4, -0.2) is 39.9 Å². The maximum absolute atomic E-state index is 6.42. The van der Waals surface area contributed by atoms with Gasteiger partial charge in [0.05, 0.1) is 0 Å². The minimum atomic E-state index is 0.396. The van der Waals surface area contributed by atoms with E-state index >= 15 is 0 Å². The number of aromatic amines is 2. The lowest BCUT2D eigenvalue weighted by Crippen LogP contribution is -1.96. The number of hydrogen-bond acceptors (Lipinski definition) is 10. The minimum absolute atomic E-state index is 0.396. The number of nitrogens with zero attached hydrogens (tertiary/aromatic N) is 6. The highest BCUT2D eigenvalue weighted by atomic mass is 16.5. The van der Waals surface area contributed by atoms with Crippen molar-refractivity contribution in [3.05, 3.63) is 214 Å². The first-order valence-electron chi connectivity index (χ1n) is 25.3. The van der Waals surface area contributed by atoms with Crippen LogP contribution in [0.25, 0.3) is 89.7 Å². The van der Waals surface area contributed by atoms with Crippen molar-refractivity contribution in [2.24, 2.45) is 0 Å². The Morgan fingerprint density at radius 2 is 0.553 bits per heavy atom. The largest absolute Gasteiger partial charge is 0.489 e. The van der Waals surface area contributed by atoms with E-state index in [1.807, 2.05) is 72.8 Å². The Kier molecular flexibility index (Phi) is 11.7. The van der Waals surface area contributed by atoms with E-state index in [0.717, 1.165) is 66.1 Å². The number of hydrogen-bond donors (Lipinski definition) is 2. The second kappa shape index (κ2) is 19.3. The van der Waals surface area contributed by atoms with Crippen molar-refractivity contribution in [1.29, 1.82) is 0 Å².